The summed E-state index contributed by atoms with van der Waals surface area (Å²) in [5, 5.41) is 11.5. The topological polar surface area (TPSA) is 174 Å². The number of amides is 1. The quantitative estimate of drug-likeness (QED) is 0.279. The minimum atomic E-state index is -1.30. The van der Waals surface area contributed by atoms with Crippen LogP contribution >= 0.6 is 0 Å². The van der Waals surface area contributed by atoms with Gasteiger partial charge in [-0.2, -0.15) is 0 Å². The Morgan fingerprint density at radius 1 is 1.05 bits per heavy atom. The number of allylic oxidation sites excluding steroid dienone is 1. The van der Waals surface area contributed by atoms with Gasteiger partial charge in [0.15, 0.2) is 12.2 Å². The third-order valence-corrected chi connectivity index (χ3v) is 6.56. The van der Waals surface area contributed by atoms with Crippen LogP contribution in [0.2, 0.25) is 0 Å². The Balaban J connectivity index is 2.04. The van der Waals surface area contributed by atoms with Gasteiger partial charge < -0.3 is 29.0 Å². The van der Waals surface area contributed by atoms with E-state index in [1.54, 1.807) is 37.4 Å². The van der Waals surface area contributed by atoms with Crippen LogP contribution < -0.4 is 5.32 Å². The smallest absolute Gasteiger partial charge is 0.373 e. The third-order valence-electron chi connectivity index (χ3n) is 6.56. The van der Waals surface area contributed by atoms with Crippen LogP contribution in [0.3, 0.4) is 0 Å². The molecule has 1 amide bonds. The minimum Gasteiger partial charge on any atom is -0.479 e. The number of carbonyl (C=O) groups is 5. The molecule has 0 saturated carbocycles. The van der Waals surface area contributed by atoms with Crippen LogP contribution in [0.4, 0.5) is 5.69 Å². The lowest BCUT2D eigenvalue weighted by molar-refractivity contribution is -0.190. The van der Waals surface area contributed by atoms with Gasteiger partial charge in [-0.1, -0.05) is 37.3 Å². The summed E-state index contributed by atoms with van der Waals surface area (Å²) >= 11 is 0. The first-order chi connectivity index (χ1) is 20.4. The lowest BCUT2D eigenvalue weighted by atomic mass is 9.87. The molecule has 1 aliphatic heterocycles. The number of hydrogen-bond donors (Lipinski definition) is 1. The highest BCUT2D eigenvalue weighted by Gasteiger charge is 2.46. The van der Waals surface area contributed by atoms with Crippen molar-refractivity contribution in [3.63, 3.8) is 0 Å². The summed E-state index contributed by atoms with van der Waals surface area (Å²) in [6.07, 6.45) is 0.528. The molecule has 14 heteroatoms. The van der Waals surface area contributed by atoms with Crippen LogP contribution in [0.5, 0.6) is 0 Å². The Morgan fingerprint density at radius 2 is 1.74 bits per heavy atom. The molecule has 1 aromatic carbocycles. The second-order valence-electron chi connectivity index (χ2n) is 9.91. The summed E-state index contributed by atoms with van der Waals surface area (Å²) in [6, 6.07) is 6.44. The van der Waals surface area contributed by atoms with E-state index >= 15 is 0 Å². The van der Waals surface area contributed by atoms with Crippen molar-refractivity contribution >= 4 is 35.5 Å². The summed E-state index contributed by atoms with van der Waals surface area (Å²) in [6.45, 7) is 6.72. The highest BCUT2D eigenvalue weighted by atomic mass is 16.6. The first-order valence-corrected chi connectivity index (χ1v) is 13.7. The molecule has 1 aliphatic rings. The molecule has 5 atom stereocenters. The molecule has 0 unspecified atom stereocenters. The average Bonchev–Trinajstić information content (AvgIpc) is 3.44. The highest BCUT2D eigenvalue weighted by Crippen LogP contribution is 2.37. The van der Waals surface area contributed by atoms with Gasteiger partial charge in [0.2, 0.25) is 11.7 Å². The lowest BCUT2D eigenvalue weighted by Crippen LogP contribution is -2.52. The minimum absolute atomic E-state index is 0.138. The fourth-order valence-corrected chi connectivity index (χ4v) is 4.65. The summed E-state index contributed by atoms with van der Waals surface area (Å²) < 4.78 is 28.4. The molecule has 14 nitrogen and oxygen atoms in total. The van der Waals surface area contributed by atoms with Crippen molar-refractivity contribution < 1.29 is 47.7 Å². The normalized spacial score (nSPS) is 19.1. The standard InChI is InChI=1S/C29H36N4O10/c1-7-10-26(37)30-21-12-9-8-11-20(21)22-14-33(32-31-22)23-13-24(29(38)39-6)43-27(16(23)2)28(42-19(5)36)25(41-18(4)35)15-40-17(3)34/h8-9,11-14,16,23,25,27-28H,7,10,15H2,1-6H3,(H,30,37)/t16-,23+,25-,27-,28-/m1/s1. The number of anilines is 1. The molecular formula is C29H36N4O10. The van der Waals surface area contributed by atoms with E-state index in [9.17, 15) is 24.0 Å². The van der Waals surface area contributed by atoms with Gasteiger partial charge in [0.1, 0.15) is 18.4 Å². The number of carbonyl (C=O) groups excluding carboxylic acids is 5. The number of esters is 4. The number of nitrogens with zero attached hydrogens (tertiary/aromatic N) is 3. The molecule has 0 bridgehead atoms. The average molecular weight is 601 g/mol. The molecule has 1 N–H and O–H groups in total. The van der Waals surface area contributed by atoms with E-state index in [-0.39, 0.29) is 11.7 Å². The van der Waals surface area contributed by atoms with E-state index in [4.69, 9.17) is 23.7 Å². The molecule has 0 radical (unpaired) electrons. The number of rotatable bonds is 12. The van der Waals surface area contributed by atoms with Gasteiger partial charge in [-0.3, -0.25) is 19.2 Å². The number of ether oxygens (including phenoxy) is 5. The maximum Gasteiger partial charge on any atom is 0.373 e. The van der Waals surface area contributed by atoms with Gasteiger partial charge in [-0.25, -0.2) is 9.48 Å². The van der Waals surface area contributed by atoms with Crippen molar-refractivity contribution in [1.82, 2.24) is 15.0 Å². The van der Waals surface area contributed by atoms with Gasteiger partial charge in [-0.15, -0.1) is 5.10 Å². The summed E-state index contributed by atoms with van der Waals surface area (Å²) in [5.41, 5.74) is 1.63. The number of methoxy groups -OCH3 is 1. The summed E-state index contributed by atoms with van der Waals surface area (Å²) in [5.74, 6) is -3.82. The summed E-state index contributed by atoms with van der Waals surface area (Å²) in [4.78, 5) is 60.6. The fraction of sp³-hybridized carbons (Fsp3) is 0.483. The van der Waals surface area contributed by atoms with Gasteiger partial charge in [0, 0.05) is 38.7 Å². The lowest BCUT2D eigenvalue weighted by Gasteiger charge is -2.40. The number of para-hydroxylation sites is 1. The third kappa shape index (κ3) is 8.63. The zero-order chi connectivity index (χ0) is 31.7. The molecule has 3 rings (SSSR count). The van der Waals surface area contributed by atoms with Crippen molar-refractivity contribution in [3.05, 3.63) is 42.3 Å². The van der Waals surface area contributed by atoms with E-state index in [2.05, 4.69) is 15.6 Å². The van der Waals surface area contributed by atoms with Crippen molar-refractivity contribution in [2.24, 2.45) is 5.92 Å². The molecule has 2 aromatic rings. The Hall–Kier alpha value is -4.75. The van der Waals surface area contributed by atoms with E-state index in [0.717, 1.165) is 13.8 Å². The second kappa shape index (κ2) is 14.9. The Bertz CT molecular complexity index is 1370. The van der Waals surface area contributed by atoms with Crippen LogP contribution in [0.15, 0.2) is 42.3 Å². The van der Waals surface area contributed by atoms with Crippen molar-refractivity contribution in [1.29, 1.82) is 0 Å². The van der Waals surface area contributed by atoms with Crippen LogP contribution in [-0.2, 0) is 47.7 Å². The zero-order valence-corrected chi connectivity index (χ0v) is 24.9. The van der Waals surface area contributed by atoms with E-state index < -0.39 is 60.8 Å². The molecule has 1 aromatic heterocycles. The van der Waals surface area contributed by atoms with E-state index in [0.29, 0.717) is 29.8 Å². The van der Waals surface area contributed by atoms with Crippen molar-refractivity contribution in [2.45, 2.75) is 71.8 Å². The van der Waals surface area contributed by atoms with Crippen LogP contribution in [0.1, 0.15) is 53.5 Å². The second-order valence-corrected chi connectivity index (χ2v) is 9.91. The number of hydrogen-bond acceptors (Lipinski definition) is 12. The fourth-order valence-electron chi connectivity index (χ4n) is 4.65. The number of benzene rings is 1. The van der Waals surface area contributed by atoms with Crippen molar-refractivity contribution in [2.75, 3.05) is 19.0 Å². The van der Waals surface area contributed by atoms with Crippen molar-refractivity contribution in [3.8, 4) is 11.3 Å². The molecule has 0 fully saturated rings. The van der Waals surface area contributed by atoms with Gasteiger partial charge in [-0.05, 0) is 18.6 Å². The Labute approximate surface area is 248 Å². The van der Waals surface area contributed by atoms with Crippen LogP contribution in [0, 0.1) is 5.92 Å². The summed E-state index contributed by atoms with van der Waals surface area (Å²) in [7, 11) is 1.18. The first kappa shape index (κ1) is 32.8. The molecule has 0 saturated heterocycles. The Morgan fingerprint density at radius 3 is 2.37 bits per heavy atom. The predicted molar refractivity (Wildman–Crippen MR) is 150 cm³/mol. The maximum atomic E-state index is 12.7. The molecule has 2 heterocycles. The molecular weight excluding hydrogens is 564 g/mol. The monoisotopic (exact) mass is 600 g/mol. The number of nitrogens with one attached hydrogen (secondary N) is 1. The molecule has 0 aliphatic carbocycles. The van der Waals surface area contributed by atoms with E-state index in [1.807, 2.05) is 6.92 Å². The van der Waals surface area contributed by atoms with E-state index in [1.165, 1.54) is 24.8 Å². The van der Waals surface area contributed by atoms with Crippen LogP contribution in [-0.4, -0.2) is 76.8 Å². The molecule has 43 heavy (non-hydrogen) atoms. The largest absolute Gasteiger partial charge is 0.479 e. The maximum absolute atomic E-state index is 12.7. The molecule has 232 valence electrons. The highest BCUT2D eigenvalue weighted by molar-refractivity contribution is 5.95. The Kier molecular flexibility index (Phi) is 11.4. The van der Waals surface area contributed by atoms with Gasteiger partial charge in [0.25, 0.3) is 0 Å². The first-order valence-electron chi connectivity index (χ1n) is 13.7. The zero-order valence-electron chi connectivity index (χ0n) is 24.9. The SMILES string of the molecule is CCCC(=O)Nc1ccccc1-c1cn([C@H]2C=C(C(=O)OC)O[C@@H]([C@H](OC(C)=O)[C@@H](COC(C)=O)OC(C)=O)[C@@H]2C)nn1. The number of aromatic nitrogens is 3. The van der Waals surface area contributed by atoms with Crippen LogP contribution in [0.25, 0.3) is 11.3 Å². The predicted octanol–water partition coefficient (Wildman–Crippen LogP) is 2.74. The van der Waals surface area contributed by atoms with Gasteiger partial charge in [0.05, 0.1) is 25.0 Å². The molecule has 0 spiro atoms. The van der Waals surface area contributed by atoms with Gasteiger partial charge >= 0.3 is 23.9 Å².